The second kappa shape index (κ2) is 5.22. The summed E-state index contributed by atoms with van der Waals surface area (Å²) in [7, 11) is 1.40. The number of nitrogens with two attached hydrogens (primary N) is 1. The molecule has 0 aromatic carbocycles. The van der Waals surface area contributed by atoms with Crippen molar-refractivity contribution in [3.63, 3.8) is 0 Å². The van der Waals surface area contributed by atoms with Crippen LogP contribution in [0.25, 0.3) is 0 Å². The van der Waals surface area contributed by atoms with Gasteiger partial charge in [-0.2, -0.15) is 0 Å². The number of carbonyl (C=O) groups excluding carboxylic acids is 3. The van der Waals surface area contributed by atoms with Gasteiger partial charge in [0.2, 0.25) is 11.8 Å². The number of nitrogens with one attached hydrogen (secondary N) is 1. The number of thiocarbonyl (C=S) groups is 1. The van der Waals surface area contributed by atoms with Gasteiger partial charge in [0.05, 0.1) is 10.9 Å². The van der Waals surface area contributed by atoms with E-state index in [1.165, 1.54) is 7.05 Å². The van der Waals surface area contributed by atoms with Crippen LogP contribution in [0.1, 0.15) is 19.8 Å². The Morgan fingerprint density at radius 1 is 1.59 bits per heavy atom. The summed E-state index contributed by atoms with van der Waals surface area (Å²) in [5.74, 6) is -1.65. The van der Waals surface area contributed by atoms with E-state index in [0.717, 1.165) is 4.90 Å². The fraction of sp³-hybridized carbons (Fsp3) is 0.600. The zero-order chi connectivity index (χ0) is 13.2. The van der Waals surface area contributed by atoms with Gasteiger partial charge in [-0.15, -0.1) is 0 Å². The molecule has 0 spiro atoms. The average Bonchev–Trinajstić information content (AvgIpc) is 2.28. The summed E-state index contributed by atoms with van der Waals surface area (Å²) in [6.07, 6.45) is 0.562. The molecule has 7 heteroatoms. The number of hydrogen-bond acceptors (Lipinski definition) is 4. The normalized spacial score (nSPS) is 22.2. The van der Waals surface area contributed by atoms with Crippen molar-refractivity contribution in [2.24, 2.45) is 11.7 Å². The van der Waals surface area contributed by atoms with Gasteiger partial charge in [0.15, 0.2) is 0 Å². The number of likely N-dealkylation sites (N-methyl/N-ethyl adjacent to an activating group) is 1. The number of amides is 3. The lowest BCUT2D eigenvalue weighted by molar-refractivity contribution is -0.149. The minimum absolute atomic E-state index is 0.0789. The summed E-state index contributed by atoms with van der Waals surface area (Å²) < 4.78 is 0. The third-order valence-corrected chi connectivity index (χ3v) is 3.14. The summed E-state index contributed by atoms with van der Waals surface area (Å²) in [5.41, 5.74) is 5.35. The topological polar surface area (TPSA) is 92.5 Å². The molecular weight excluding hydrogens is 242 g/mol. The predicted molar refractivity (Wildman–Crippen MR) is 64.9 cm³/mol. The van der Waals surface area contributed by atoms with Gasteiger partial charge < -0.3 is 11.1 Å². The van der Waals surface area contributed by atoms with Crippen LogP contribution in [-0.4, -0.2) is 40.7 Å². The van der Waals surface area contributed by atoms with E-state index >= 15 is 0 Å². The third kappa shape index (κ3) is 3.00. The van der Waals surface area contributed by atoms with Crippen molar-refractivity contribution in [2.45, 2.75) is 25.8 Å². The number of nitrogens with zero attached hydrogens (tertiary/aromatic N) is 1. The number of imide groups is 1. The van der Waals surface area contributed by atoms with Gasteiger partial charge in [-0.25, -0.2) is 0 Å². The van der Waals surface area contributed by atoms with Crippen molar-refractivity contribution in [2.75, 3.05) is 7.05 Å². The van der Waals surface area contributed by atoms with Crippen LogP contribution >= 0.6 is 12.2 Å². The maximum Gasteiger partial charge on any atom is 0.251 e. The molecule has 1 aliphatic heterocycles. The molecule has 0 aliphatic carbocycles. The van der Waals surface area contributed by atoms with E-state index in [9.17, 15) is 14.4 Å². The van der Waals surface area contributed by atoms with Crippen molar-refractivity contribution in [3.8, 4) is 0 Å². The molecule has 1 rings (SSSR count). The summed E-state index contributed by atoms with van der Waals surface area (Å²) in [4.78, 5) is 35.7. The summed E-state index contributed by atoms with van der Waals surface area (Å²) in [5, 5.41) is 2.55. The molecule has 0 bridgehead atoms. The van der Waals surface area contributed by atoms with Gasteiger partial charge in [0.1, 0.15) is 6.04 Å². The van der Waals surface area contributed by atoms with E-state index in [-0.39, 0.29) is 17.3 Å². The SMILES string of the molecule is CC(C(=O)NC1CCC(=O)N(C)C1=O)C(N)=S. The molecule has 0 radical (unpaired) electrons. The number of carbonyl (C=O) groups is 3. The molecule has 2 unspecified atom stereocenters. The van der Waals surface area contributed by atoms with Crippen molar-refractivity contribution in [1.29, 1.82) is 0 Å². The fourth-order valence-electron chi connectivity index (χ4n) is 1.48. The van der Waals surface area contributed by atoms with Crippen LogP contribution in [0, 0.1) is 5.92 Å². The first-order valence-electron chi connectivity index (χ1n) is 5.24. The molecule has 0 saturated carbocycles. The maximum absolute atomic E-state index is 11.7. The van der Waals surface area contributed by atoms with Crippen LogP contribution < -0.4 is 11.1 Å². The van der Waals surface area contributed by atoms with Crippen LogP contribution in [0.3, 0.4) is 0 Å². The second-order valence-electron chi connectivity index (χ2n) is 4.01. The molecule has 3 N–H and O–H groups in total. The third-order valence-electron chi connectivity index (χ3n) is 2.79. The zero-order valence-corrected chi connectivity index (χ0v) is 10.5. The highest BCUT2D eigenvalue weighted by Crippen LogP contribution is 2.12. The lowest BCUT2D eigenvalue weighted by atomic mass is 10.0. The molecule has 17 heavy (non-hydrogen) atoms. The molecular formula is C10H15N3O3S. The molecule has 1 fully saturated rings. The van der Waals surface area contributed by atoms with Crippen LogP contribution in [0.2, 0.25) is 0 Å². The highest BCUT2D eigenvalue weighted by atomic mass is 32.1. The number of rotatable bonds is 3. The first-order chi connectivity index (χ1) is 7.84. The van der Waals surface area contributed by atoms with Crippen LogP contribution in [-0.2, 0) is 14.4 Å². The second-order valence-corrected chi connectivity index (χ2v) is 4.49. The number of piperidine rings is 1. The van der Waals surface area contributed by atoms with Crippen molar-refractivity contribution < 1.29 is 14.4 Å². The molecule has 1 heterocycles. The van der Waals surface area contributed by atoms with Gasteiger partial charge in [0, 0.05) is 13.5 Å². The lowest BCUT2D eigenvalue weighted by Crippen LogP contribution is -2.54. The van der Waals surface area contributed by atoms with E-state index in [0.29, 0.717) is 6.42 Å². The fourth-order valence-corrected chi connectivity index (χ4v) is 1.58. The molecule has 94 valence electrons. The van der Waals surface area contributed by atoms with E-state index in [1.807, 2.05) is 0 Å². The van der Waals surface area contributed by atoms with Crippen molar-refractivity contribution >= 4 is 34.9 Å². The Hall–Kier alpha value is -1.50. The predicted octanol–water partition coefficient (Wildman–Crippen LogP) is -0.828. The molecule has 2 atom stereocenters. The molecule has 3 amide bonds. The first-order valence-corrected chi connectivity index (χ1v) is 5.65. The Morgan fingerprint density at radius 2 is 2.18 bits per heavy atom. The standard InChI is InChI=1S/C10H15N3O3S/c1-5(8(11)17)9(15)12-6-3-4-7(14)13(2)10(6)16/h5-6H,3-4H2,1-2H3,(H2,11,17)(H,12,15). The Kier molecular flexibility index (Phi) is 4.17. The lowest BCUT2D eigenvalue weighted by Gasteiger charge is -2.28. The van der Waals surface area contributed by atoms with Gasteiger partial charge in [0.25, 0.3) is 5.91 Å². The van der Waals surface area contributed by atoms with Crippen LogP contribution in [0.15, 0.2) is 0 Å². The monoisotopic (exact) mass is 257 g/mol. The smallest absolute Gasteiger partial charge is 0.251 e. The maximum atomic E-state index is 11.7. The highest BCUT2D eigenvalue weighted by Gasteiger charge is 2.33. The molecule has 0 aromatic heterocycles. The molecule has 0 aromatic rings. The van der Waals surface area contributed by atoms with Gasteiger partial charge >= 0.3 is 0 Å². The molecule has 1 saturated heterocycles. The zero-order valence-electron chi connectivity index (χ0n) is 9.73. The minimum Gasteiger partial charge on any atom is -0.393 e. The molecule has 6 nitrogen and oxygen atoms in total. The summed E-state index contributed by atoms with van der Waals surface area (Å²) in [6.45, 7) is 1.57. The van der Waals surface area contributed by atoms with E-state index in [4.69, 9.17) is 18.0 Å². The number of likely N-dealkylation sites (tertiary alicyclic amines) is 1. The van der Waals surface area contributed by atoms with E-state index in [2.05, 4.69) is 5.32 Å². The Morgan fingerprint density at radius 3 is 2.71 bits per heavy atom. The quantitative estimate of drug-likeness (QED) is 0.508. The Balaban J connectivity index is 2.64. The van der Waals surface area contributed by atoms with Crippen molar-refractivity contribution in [1.82, 2.24) is 10.2 Å². The average molecular weight is 257 g/mol. The summed E-state index contributed by atoms with van der Waals surface area (Å²) in [6, 6.07) is -0.665. The van der Waals surface area contributed by atoms with Gasteiger partial charge in [-0.05, 0) is 13.3 Å². The molecule has 1 aliphatic rings. The highest BCUT2D eigenvalue weighted by molar-refractivity contribution is 7.80. The van der Waals surface area contributed by atoms with Gasteiger partial charge in [-0.1, -0.05) is 12.2 Å². The van der Waals surface area contributed by atoms with Crippen LogP contribution in [0.4, 0.5) is 0 Å². The largest absolute Gasteiger partial charge is 0.393 e. The minimum atomic E-state index is -0.665. The Bertz CT molecular complexity index is 383. The van der Waals surface area contributed by atoms with Crippen LogP contribution in [0.5, 0.6) is 0 Å². The first kappa shape index (κ1) is 13.6. The number of hydrogen-bond donors (Lipinski definition) is 2. The Labute approximate surface area is 105 Å². The van der Waals surface area contributed by atoms with E-state index < -0.39 is 23.8 Å². The summed E-state index contributed by atoms with van der Waals surface area (Å²) >= 11 is 4.70. The van der Waals surface area contributed by atoms with E-state index in [1.54, 1.807) is 6.92 Å². The van der Waals surface area contributed by atoms with Gasteiger partial charge in [-0.3, -0.25) is 19.3 Å². The van der Waals surface area contributed by atoms with Crippen molar-refractivity contribution in [3.05, 3.63) is 0 Å².